The van der Waals surface area contributed by atoms with E-state index in [2.05, 4.69) is 19.6 Å². The molecule has 0 rings (SSSR count). The van der Waals surface area contributed by atoms with Gasteiger partial charge in [0.1, 0.15) is 0 Å². The lowest BCUT2D eigenvalue weighted by Crippen LogP contribution is -1.49. The first-order chi connectivity index (χ1) is 3.91. The summed E-state index contributed by atoms with van der Waals surface area (Å²) in [7, 11) is 0. The van der Waals surface area contributed by atoms with Crippen molar-refractivity contribution < 1.29 is 0 Å². The third-order valence-corrected chi connectivity index (χ3v) is 0.730. The van der Waals surface area contributed by atoms with Crippen LogP contribution in [0.2, 0.25) is 0 Å². The monoisotopic (exact) mass is 144 g/mol. The Morgan fingerprint density at radius 2 is 1.89 bits per heavy atom. The molecule has 0 unspecified atom stereocenters. The number of allylic oxidation sites excluding steroid dienone is 5. The molecule has 0 bridgehead atoms. The average molecular weight is 145 g/mol. The van der Waals surface area contributed by atoms with Gasteiger partial charge in [-0.1, -0.05) is 43.9 Å². The molecule has 52 valence electrons. The third kappa shape index (κ3) is 11.2. The Labute approximate surface area is 63.4 Å². The van der Waals surface area contributed by atoms with Gasteiger partial charge >= 0.3 is 0 Å². The highest BCUT2D eigenvalue weighted by molar-refractivity contribution is 5.85. The van der Waals surface area contributed by atoms with Crippen LogP contribution in [-0.2, 0) is 0 Å². The van der Waals surface area contributed by atoms with Crippen LogP contribution in [0, 0.1) is 0 Å². The summed E-state index contributed by atoms with van der Waals surface area (Å²) in [5, 5.41) is 0. The minimum atomic E-state index is 0. The lowest BCUT2D eigenvalue weighted by atomic mass is 10.4. The molecule has 0 heterocycles. The quantitative estimate of drug-likeness (QED) is 0.534. The largest absolute Gasteiger partial charge is 0.147 e. The Bertz CT molecular complexity index is 101. The van der Waals surface area contributed by atoms with Gasteiger partial charge in [0.25, 0.3) is 0 Å². The summed E-state index contributed by atoms with van der Waals surface area (Å²) in [5.74, 6) is 0. The Morgan fingerprint density at radius 3 is 2.33 bits per heavy atom. The second-order valence-electron chi connectivity index (χ2n) is 1.46. The van der Waals surface area contributed by atoms with Crippen LogP contribution in [0.1, 0.15) is 13.3 Å². The highest BCUT2D eigenvalue weighted by Crippen LogP contribution is 1.80. The highest BCUT2D eigenvalue weighted by Gasteiger charge is 1.59. The van der Waals surface area contributed by atoms with Gasteiger partial charge < -0.3 is 0 Å². The van der Waals surface area contributed by atoms with Gasteiger partial charge in [-0.2, -0.15) is 0 Å². The lowest BCUT2D eigenvalue weighted by molar-refractivity contribution is 1.22. The predicted octanol–water partition coefficient (Wildman–Crippen LogP) is 3.12. The minimum Gasteiger partial charge on any atom is -0.147 e. The molecule has 0 radical (unpaired) electrons. The van der Waals surface area contributed by atoms with E-state index in [1.807, 2.05) is 18.2 Å². The van der Waals surface area contributed by atoms with Gasteiger partial charge in [-0.25, -0.2) is 0 Å². The average Bonchev–Trinajstić information content (AvgIpc) is 1.81. The van der Waals surface area contributed by atoms with E-state index in [4.69, 9.17) is 0 Å². The molecule has 0 aliphatic rings. The first-order valence-electron chi connectivity index (χ1n) is 2.86. The predicted molar refractivity (Wildman–Crippen MR) is 46.0 cm³/mol. The van der Waals surface area contributed by atoms with E-state index in [0.717, 1.165) is 6.42 Å². The van der Waals surface area contributed by atoms with Crippen LogP contribution >= 0.6 is 12.4 Å². The Hall–Kier alpha value is -0.490. The zero-order valence-corrected chi connectivity index (χ0v) is 6.53. The summed E-state index contributed by atoms with van der Waals surface area (Å²) in [5.41, 5.74) is 0. The fraction of sp³-hybridized carbons (Fsp3) is 0.250. The SMILES string of the molecule is C=CC=CC=CCC.Cl. The van der Waals surface area contributed by atoms with Crippen LogP contribution in [0.15, 0.2) is 37.0 Å². The molecule has 0 atom stereocenters. The van der Waals surface area contributed by atoms with E-state index in [9.17, 15) is 0 Å². The number of halogens is 1. The highest BCUT2D eigenvalue weighted by atomic mass is 35.5. The standard InChI is InChI=1S/C8H12.ClH/c1-3-5-7-8-6-4-2;/h3,5-8H,1,4H2,2H3;1H. The molecule has 1 heteroatoms. The van der Waals surface area contributed by atoms with Crippen molar-refractivity contribution in [3.05, 3.63) is 37.0 Å². The maximum absolute atomic E-state index is 3.54. The van der Waals surface area contributed by atoms with E-state index in [1.165, 1.54) is 0 Å². The first kappa shape index (κ1) is 11.3. The molecular formula is C8H13Cl. The summed E-state index contributed by atoms with van der Waals surface area (Å²) >= 11 is 0. The Kier molecular flexibility index (Phi) is 13.2. The van der Waals surface area contributed by atoms with Gasteiger partial charge in [0.15, 0.2) is 0 Å². The van der Waals surface area contributed by atoms with Crippen molar-refractivity contribution in [1.29, 1.82) is 0 Å². The molecule has 0 N–H and O–H groups in total. The maximum Gasteiger partial charge on any atom is -0.0376 e. The molecule has 0 aromatic carbocycles. The molecule has 9 heavy (non-hydrogen) atoms. The van der Waals surface area contributed by atoms with E-state index in [1.54, 1.807) is 6.08 Å². The summed E-state index contributed by atoms with van der Waals surface area (Å²) < 4.78 is 0. The Morgan fingerprint density at radius 1 is 1.22 bits per heavy atom. The van der Waals surface area contributed by atoms with E-state index in [-0.39, 0.29) is 12.4 Å². The Balaban J connectivity index is 0. The molecule has 0 spiro atoms. The molecule has 0 saturated carbocycles. The van der Waals surface area contributed by atoms with Crippen LogP contribution < -0.4 is 0 Å². The van der Waals surface area contributed by atoms with Crippen molar-refractivity contribution in [3.63, 3.8) is 0 Å². The smallest absolute Gasteiger partial charge is 0.0376 e. The fourth-order valence-corrected chi connectivity index (χ4v) is 0.357. The van der Waals surface area contributed by atoms with Crippen molar-refractivity contribution in [3.8, 4) is 0 Å². The normalized spacial score (nSPS) is 9.89. The van der Waals surface area contributed by atoms with Crippen molar-refractivity contribution >= 4 is 12.4 Å². The van der Waals surface area contributed by atoms with Crippen molar-refractivity contribution in [1.82, 2.24) is 0 Å². The summed E-state index contributed by atoms with van der Waals surface area (Å²) in [4.78, 5) is 0. The zero-order valence-electron chi connectivity index (χ0n) is 5.71. The molecule has 0 aliphatic heterocycles. The van der Waals surface area contributed by atoms with Gasteiger partial charge in [0.05, 0.1) is 0 Å². The van der Waals surface area contributed by atoms with Gasteiger partial charge in [-0.15, -0.1) is 12.4 Å². The topological polar surface area (TPSA) is 0 Å². The molecule has 0 saturated heterocycles. The summed E-state index contributed by atoms with van der Waals surface area (Å²) in [6.07, 6.45) is 10.9. The number of hydrogen-bond donors (Lipinski definition) is 0. The second kappa shape index (κ2) is 10.5. The van der Waals surface area contributed by atoms with Crippen molar-refractivity contribution in [2.45, 2.75) is 13.3 Å². The number of rotatable bonds is 3. The molecular weight excluding hydrogens is 132 g/mol. The van der Waals surface area contributed by atoms with Crippen molar-refractivity contribution in [2.24, 2.45) is 0 Å². The zero-order chi connectivity index (χ0) is 6.24. The maximum atomic E-state index is 3.54. The number of hydrogen-bond acceptors (Lipinski definition) is 0. The van der Waals surface area contributed by atoms with Gasteiger partial charge in [0.2, 0.25) is 0 Å². The van der Waals surface area contributed by atoms with Crippen LogP contribution in [0.5, 0.6) is 0 Å². The van der Waals surface area contributed by atoms with E-state index >= 15 is 0 Å². The molecule has 0 nitrogen and oxygen atoms in total. The molecule has 0 fully saturated rings. The molecule has 0 aliphatic carbocycles. The van der Waals surface area contributed by atoms with E-state index < -0.39 is 0 Å². The second-order valence-corrected chi connectivity index (χ2v) is 1.46. The van der Waals surface area contributed by atoms with Crippen molar-refractivity contribution in [2.75, 3.05) is 0 Å². The fourth-order valence-electron chi connectivity index (χ4n) is 0.357. The van der Waals surface area contributed by atoms with E-state index in [0.29, 0.717) is 0 Å². The first-order valence-corrected chi connectivity index (χ1v) is 2.86. The summed E-state index contributed by atoms with van der Waals surface area (Å²) in [6, 6.07) is 0. The van der Waals surface area contributed by atoms with Gasteiger partial charge in [-0.3, -0.25) is 0 Å². The molecule has 0 aromatic heterocycles. The van der Waals surface area contributed by atoms with Crippen LogP contribution in [0.25, 0.3) is 0 Å². The summed E-state index contributed by atoms with van der Waals surface area (Å²) in [6.45, 7) is 5.65. The third-order valence-electron chi connectivity index (χ3n) is 0.730. The molecule has 0 amide bonds. The minimum absolute atomic E-state index is 0. The molecule has 0 aromatic rings. The lowest BCUT2D eigenvalue weighted by Gasteiger charge is -1.71. The van der Waals surface area contributed by atoms with Crippen LogP contribution in [0.4, 0.5) is 0 Å². The van der Waals surface area contributed by atoms with Crippen LogP contribution in [-0.4, -0.2) is 0 Å². The van der Waals surface area contributed by atoms with Gasteiger partial charge in [-0.05, 0) is 6.42 Å². The van der Waals surface area contributed by atoms with Gasteiger partial charge in [0, 0.05) is 0 Å². The van der Waals surface area contributed by atoms with Crippen LogP contribution in [0.3, 0.4) is 0 Å².